The highest BCUT2D eigenvalue weighted by atomic mass is 79.9. The standard InChI is InChI=1S/C19H14Br2N2/c20-15-10-4-6-12-17(15)22-19(14-8-2-1-3-9-14)23-18-13-7-5-11-16(18)21/h1-13H,(H,22,23). The maximum atomic E-state index is 4.80. The minimum atomic E-state index is 0.796. The molecule has 114 valence electrons. The van der Waals surface area contributed by atoms with E-state index in [-0.39, 0.29) is 0 Å². The second-order valence-corrected chi connectivity index (χ2v) is 6.59. The average molecular weight is 430 g/mol. The molecule has 3 aromatic carbocycles. The van der Waals surface area contributed by atoms with Crippen LogP contribution in [0.5, 0.6) is 0 Å². The van der Waals surface area contributed by atoms with Crippen LogP contribution >= 0.6 is 31.9 Å². The summed E-state index contributed by atoms with van der Waals surface area (Å²) in [5.74, 6) is 0.796. The van der Waals surface area contributed by atoms with E-state index < -0.39 is 0 Å². The van der Waals surface area contributed by atoms with Gasteiger partial charge >= 0.3 is 0 Å². The first-order valence-corrected chi connectivity index (χ1v) is 8.73. The number of hydrogen-bond acceptors (Lipinski definition) is 1. The van der Waals surface area contributed by atoms with Crippen LogP contribution in [0.3, 0.4) is 0 Å². The van der Waals surface area contributed by atoms with Crippen molar-refractivity contribution in [1.82, 2.24) is 0 Å². The van der Waals surface area contributed by atoms with Gasteiger partial charge in [0.15, 0.2) is 0 Å². The summed E-state index contributed by atoms with van der Waals surface area (Å²) >= 11 is 7.12. The molecule has 0 amide bonds. The lowest BCUT2D eigenvalue weighted by atomic mass is 10.2. The minimum Gasteiger partial charge on any atom is -0.339 e. The Balaban J connectivity index is 2.05. The SMILES string of the molecule is Brc1ccccc1N=C(Nc1ccccc1Br)c1ccccc1. The maximum absolute atomic E-state index is 4.80. The number of benzene rings is 3. The lowest BCUT2D eigenvalue weighted by molar-refractivity contribution is 1.44. The van der Waals surface area contributed by atoms with E-state index in [2.05, 4.69) is 37.2 Å². The first-order chi connectivity index (χ1) is 11.2. The Bertz CT molecular complexity index is 830. The summed E-state index contributed by atoms with van der Waals surface area (Å²) in [4.78, 5) is 4.80. The van der Waals surface area contributed by atoms with Crippen LogP contribution in [0.2, 0.25) is 0 Å². The van der Waals surface area contributed by atoms with E-state index in [4.69, 9.17) is 4.99 Å². The van der Waals surface area contributed by atoms with Crippen molar-refractivity contribution >= 4 is 49.1 Å². The van der Waals surface area contributed by atoms with Gasteiger partial charge in [0.05, 0.1) is 11.4 Å². The molecule has 3 rings (SSSR count). The van der Waals surface area contributed by atoms with Crippen molar-refractivity contribution in [3.05, 3.63) is 93.4 Å². The summed E-state index contributed by atoms with van der Waals surface area (Å²) in [6, 6.07) is 26.0. The number of aliphatic imine (C=N–C) groups is 1. The van der Waals surface area contributed by atoms with Crippen LogP contribution in [-0.4, -0.2) is 5.84 Å². The molecule has 4 heteroatoms. The Kier molecular flexibility index (Phi) is 5.26. The Hall–Kier alpha value is -1.91. The molecule has 0 fully saturated rings. The van der Waals surface area contributed by atoms with Gasteiger partial charge in [0, 0.05) is 14.5 Å². The molecule has 0 aliphatic carbocycles. The Morgan fingerprint density at radius 1 is 0.696 bits per heavy atom. The molecule has 0 radical (unpaired) electrons. The van der Waals surface area contributed by atoms with E-state index in [1.54, 1.807) is 0 Å². The largest absolute Gasteiger partial charge is 0.339 e. The fraction of sp³-hybridized carbons (Fsp3) is 0. The third-order valence-corrected chi connectivity index (χ3v) is 4.62. The number of nitrogens with zero attached hydrogens (tertiary/aromatic N) is 1. The molecule has 3 aromatic rings. The van der Waals surface area contributed by atoms with Gasteiger partial charge in [-0.15, -0.1) is 0 Å². The lowest BCUT2D eigenvalue weighted by Crippen LogP contribution is -2.13. The number of halogens is 2. The molecule has 0 spiro atoms. The van der Waals surface area contributed by atoms with Gasteiger partial charge in [-0.25, -0.2) is 4.99 Å². The van der Waals surface area contributed by atoms with Crippen LogP contribution in [0.4, 0.5) is 11.4 Å². The van der Waals surface area contributed by atoms with Crippen LogP contribution < -0.4 is 5.32 Å². The van der Waals surface area contributed by atoms with Crippen molar-refractivity contribution in [2.75, 3.05) is 5.32 Å². The van der Waals surface area contributed by atoms with Crippen molar-refractivity contribution in [1.29, 1.82) is 0 Å². The fourth-order valence-electron chi connectivity index (χ4n) is 2.11. The van der Waals surface area contributed by atoms with Crippen molar-refractivity contribution in [2.45, 2.75) is 0 Å². The number of nitrogens with one attached hydrogen (secondary N) is 1. The van der Waals surface area contributed by atoms with Gasteiger partial charge in [-0.05, 0) is 56.1 Å². The highest BCUT2D eigenvalue weighted by Crippen LogP contribution is 2.27. The molecular weight excluding hydrogens is 416 g/mol. The van der Waals surface area contributed by atoms with Crippen LogP contribution in [0.25, 0.3) is 0 Å². The van der Waals surface area contributed by atoms with Crippen LogP contribution in [0.15, 0.2) is 92.8 Å². The molecule has 0 heterocycles. The van der Waals surface area contributed by atoms with Crippen molar-refractivity contribution < 1.29 is 0 Å². The molecule has 0 saturated heterocycles. The molecule has 2 nitrogen and oxygen atoms in total. The quantitative estimate of drug-likeness (QED) is 0.378. The Labute approximate surface area is 152 Å². The van der Waals surface area contributed by atoms with Gasteiger partial charge in [0.2, 0.25) is 0 Å². The third-order valence-electron chi connectivity index (χ3n) is 3.26. The number of amidine groups is 1. The molecule has 1 N–H and O–H groups in total. The molecule has 23 heavy (non-hydrogen) atoms. The molecule has 0 aliphatic heterocycles. The third kappa shape index (κ3) is 4.09. The van der Waals surface area contributed by atoms with Crippen LogP contribution in [-0.2, 0) is 0 Å². The predicted molar refractivity (Wildman–Crippen MR) is 105 cm³/mol. The van der Waals surface area contributed by atoms with Crippen molar-refractivity contribution in [3.8, 4) is 0 Å². The maximum Gasteiger partial charge on any atom is 0.138 e. The molecule has 0 unspecified atom stereocenters. The zero-order valence-electron chi connectivity index (χ0n) is 12.2. The highest BCUT2D eigenvalue weighted by molar-refractivity contribution is 9.11. The molecule has 0 aliphatic rings. The van der Waals surface area contributed by atoms with Gasteiger partial charge in [-0.3, -0.25) is 0 Å². The van der Waals surface area contributed by atoms with Gasteiger partial charge in [-0.2, -0.15) is 0 Å². The van der Waals surface area contributed by atoms with E-state index in [0.29, 0.717) is 0 Å². The van der Waals surface area contributed by atoms with Crippen LogP contribution in [0.1, 0.15) is 5.56 Å². The second kappa shape index (κ2) is 7.57. The minimum absolute atomic E-state index is 0.796. The summed E-state index contributed by atoms with van der Waals surface area (Å²) < 4.78 is 1.96. The number of anilines is 1. The fourth-order valence-corrected chi connectivity index (χ4v) is 2.87. The molecule has 0 atom stereocenters. The predicted octanol–water partition coefficient (Wildman–Crippen LogP) is 6.40. The van der Waals surface area contributed by atoms with Gasteiger partial charge < -0.3 is 5.32 Å². The zero-order chi connectivity index (χ0) is 16.1. The van der Waals surface area contributed by atoms with Crippen molar-refractivity contribution in [2.24, 2.45) is 4.99 Å². The summed E-state index contributed by atoms with van der Waals surface area (Å²) in [7, 11) is 0. The number of para-hydroxylation sites is 2. The summed E-state index contributed by atoms with van der Waals surface area (Å²) in [5, 5.41) is 3.42. The topological polar surface area (TPSA) is 24.4 Å². The number of rotatable bonds is 3. The van der Waals surface area contributed by atoms with Gasteiger partial charge in [-0.1, -0.05) is 54.6 Å². The van der Waals surface area contributed by atoms with E-state index in [9.17, 15) is 0 Å². The zero-order valence-corrected chi connectivity index (χ0v) is 15.4. The number of hydrogen-bond donors (Lipinski definition) is 1. The molecule has 0 aromatic heterocycles. The Morgan fingerprint density at radius 3 is 2.00 bits per heavy atom. The van der Waals surface area contributed by atoms with Gasteiger partial charge in [0.1, 0.15) is 5.84 Å². The highest BCUT2D eigenvalue weighted by Gasteiger charge is 2.07. The lowest BCUT2D eigenvalue weighted by Gasteiger charge is -2.12. The van der Waals surface area contributed by atoms with Crippen LogP contribution in [0, 0.1) is 0 Å². The molecule has 0 saturated carbocycles. The first kappa shape index (κ1) is 16.0. The second-order valence-electron chi connectivity index (χ2n) is 4.88. The van der Waals surface area contributed by atoms with Crippen molar-refractivity contribution in [3.63, 3.8) is 0 Å². The Morgan fingerprint density at radius 2 is 1.30 bits per heavy atom. The molecular formula is C19H14Br2N2. The summed E-state index contributed by atoms with van der Waals surface area (Å²) in [6.07, 6.45) is 0. The van der Waals surface area contributed by atoms with E-state index in [1.165, 1.54) is 0 Å². The smallest absolute Gasteiger partial charge is 0.138 e. The average Bonchev–Trinajstić information content (AvgIpc) is 2.59. The monoisotopic (exact) mass is 428 g/mol. The van der Waals surface area contributed by atoms with E-state index >= 15 is 0 Å². The normalized spacial score (nSPS) is 11.3. The summed E-state index contributed by atoms with van der Waals surface area (Å²) in [5.41, 5.74) is 2.88. The summed E-state index contributed by atoms with van der Waals surface area (Å²) in [6.45, 7) is 0. The van der Waals surface area contributed by atoms with Gasteiger partial charge in [0.25, 0.3) is 0 Å². The first-order valence-electron chi connectivity index (χ1n) is 7.14. The van der Waals surface area contributed by atoms with E-state index in [0.717, 1.165) is 31.7 Å². The van der Waals surface area contributed by atoms with E-state index in [1.807, 2.05) is 78.9 Å². The molecule has 0 bridgehead atoms.